The van der Waals surface area contributed by atoms with Crippen molar-refractivity contribution in [2.24, 2.45) is 0 Å². The molecule has 0 aliphatic heterocycles. The lowest BCUT2D eigenvalue weighted by molar-refractivity contribution is -0.142. The molecule has 0 aliphatic rings. The van der Waals surface area contributed by atoms with Crippen LogP contribution in [0.2, 0.25) is 0 Å². The fourth-order valence-corrected chi connectivity index (χ4v) is 1.93. The summed E-state index contributed by atoms with van der Waals surface area (Å²) in [5.41, 5.74) is 1.44. The van der Waals surface area contributed by atoms with Crippen molar-refractivity contribution >= 4 is 46.1 Å². The van der Waals surface area contributed by atoms with E-state index in [1.165, 1.54) is 14.2 Å². The SMILES string of the molecule is COC(=O)CC(=O)Nc1cc(C)c(I)cc1C(=O)OC. The van der Waals surface area contributed by atoms with Crippen molar-refractivity contribution in [2.75, 3.05) is 19.5 Å². The normalized spacial score (nSPS) is 9.80. The van der Waals surface area contributed by atoms with Gasteiger partial charge in [-0.2, -0.15) is 0 Å². The average Bonchev–Trinajstić information content (AvgIpc) is 2.41. The number of ether oxygens (including phenoxy) is 2. The number of amides is 1. The van der Waals surface area contributed by atoms with E-state index in [9.17, 15) is 14.4 Å². The summed E-state index contributed by atoms with van der Waals surface area (Å²) >= 11 is 2.08. The second kappa shape index (κ2) is 7.22. The van der Waals surface area contributed by atoms with E-state index in [-0.39, 0.29) is 5.56 Å². The number of carbonyl (C=O) groups is 3. The van der Waals surface area contributed by atoms with Gasteiger partial charge in [-0.1, -0.05) is 0 Å². The highest BCUT2D eigenvalue weighted by Crippen LogP contribution is 2.23. The number of benzene rings is 1. The lowest BCUT2D eigenvalue weighted by Crippen LogP contribution is -2.19. The van der Waals surface area contributed by atoms with Gasteiger partial charge in [0.1, 0.15) is 6.42 Å². The Balaban J connectivity index is 3.04. The number of hydrogen-bond donors (Lipinski definition) is 1. The van der Waals surface area contributed by atoms with Crippen molar-refractivity contribution in [1.82, 2.24) is 0 Å². The molecule has 1 aromatic carbocycles. The molecule has 1 aromatic rings. The summed E-state index contributed by atoms with van der Waals surface area (Å²) in [6, 6.07) is 3.28. The van der Waals surface area contributed by atoms with E-state index in [0.29, 0.717) is 5.69 Å². The highest BCUT2D eigenvalue weighted by Gasteiger charge is 2.17. The highest BCUT2D eigenvalue weighted by molar-refractivity contribution is 14.1. The van der Waals surface area contributed by atoms with Crippen LogP contribution in [0.4, 0.5) is 5.69 Å². The summed E-state index contributed by atoms with van der Waals surface area (Å²) in [6.07, 6.45) is -0.415. The van der Waals surface area contributed by atoms with Gasteiger partial charge in [-0.05, 0) is 47.2 Å². The van der Waals surface area contributed by atoms with Gasteiger partial charge in [-0.15, -0.1) is 0 Å². The zero-order chi connectivity index (χ0) is 15.3. The monoisotopic (exact) mass is 391 g/mol. The predicted molar refractivity (Wildman–Crippen MR) is 80.5 cm³/mol. The summed E-state index contributed by atoms with van der Waals surface area (Å²) < 4.78 is 9.95. The fourth-order valence-electron chi connectivity index (χ4n) is 1.46. The van der Waals surface area contributed by atoms with E-state index in [2.05, 4.69) is 37.4 Å². The molecule has 0 spiro atoms. The number of aryl methyl sites for hydroxylation is 1. The van der Waals surface area contributed by atoms with Crippen molar-refractivity contribution in [3.63, 3.8) is 0 Å². The molecular weight excluding hydrogens is 377 g/mol. The molecule has 0 saturated carbocycles. The summed E-state index contributed by atoms with van der Waals surface area (Å²) in [5, 5.41) is 2.52. The van der Waals surface area contributed by atoms with Gasteiger partial charge in [0.15, 0.2) is 0 Å². The molecule has 7 heteroatoms. The summed E-state index contributed by atoms with van der Waals surface area (Å²) in [4.78, 5) is 34.4. The van der Waals surface area contributed by atoms with Crippen LogP contribution in [-0.2, 0) is 19.1 Å². The third-order valence-electron chi connectivity index (χ3n) is 2.51. The quantitative estimate of drug-likeness (QED) is 0.482. The molecule has 0 bridgehead atoms. The molecule has 108 valence electrons. The smallest absolute Gasteiger partial charge is 0.340 e. The van der Waals surface area contributed by atoms with Crippen molar-refractivity contribution in [3.8, 4) is 0 Å². The van der Waals surface area contributed by atoms with Crippen molar-refractivity contribution in [3.05, 3.63) is 26.8 Å². The maximum atomic E-state index is 11.7. The third-order valence-corrected chi connectivity index (χ3v) is 3.67. The minimum atomic E-state index is -0.649. The van der Waals surface area contributed by atoms with Crippen LogP contribution in [-0.4, -0.2) is 32.1 Å². The molecule has 0 radical (unpaired) electrons. The molecule has 0 aromatic heterocycles. The number of hydrogen-bond acceptors (Lipinski definition) is 5. The number of rotatable bonds is 4. The minimum Gasteiger partial charge on any atom is -0.469 e. The Hall–Kier alpha value is -1.64. The maximum absolute atomic E-state index is 11.7. The number of methoxy groups -OCH3 is 2. The molecule has 0 saturated heterocycles. The van der Waals surface area contributed by atoms with Gasteiger partial charge in [-0.3, -0.25) is 9.59 Å². The fraction of sp³-hybridized carbons (Fsp3) is 0.308. The van der Waals surface area contributed by atoms with Gasteiger partial charge in [0, 0.05) is 3.57 Å². The van der Waals surface area contributed by atoms with E-state index in [1.54, 1.807) is 12.1 Å². The Morgan fingerprint density at radius 3 is 2.40 bits per heavy atom. The summed E-state index contributed by atoms with van der Waals surface area (Å²) in [5.74, 6) is -1.76. The maximum Gasteiger partial charge on any atom is 0.340 e. The lowest BCUT2D eigenvalue weighted by Gasteiger charge is -2.11. The Morgan fingerprint density at radius 1 is 1.20 bits per heavy atom. The van der Waals surface area contributed by atoms with Crippen LogP contribution in [0.15, 0.2) is 12.1 Å². The van der Waals surface area contributed by atoms with Crippen molar-refractivity contribution in [1.29, 1.82) is 0 Å². The third kappa shape index (κ3) is 4.19. The van der Waals surface area contributed by atoms with Crippen LogP contribution in [0, 0.1) is 10.5 Å². The number of anilines is 1. The molecule has 0 fully saturated rings. The molecule has 0 atom stereocenters. The minimum absolute atomic E-state index is 0.237. The predicted octanol–water partition coefficient (Wildman–Crippen LogP) is 1.89. The summed E-state index contributed by atoms with van der Waals surface area (Å²) in [7, 11) is 2.46. The van der Waals surface area contributed by atoms with Gasteiger partial charge in [0.2, 0.25) is 5.91 Å². The van der Waals surface area contributed by atoms with Crippen LogP contribution < -0.4 is 5.32 Å². The van der Waals surface area contributed by atoms with Crippen LogP contribution in [0.25, 0.3) is 0 Å². The Labute approximate surface area is 130 Å². The molecule has 1 amide bonds. The van der Waals surface area contributed by atoms with E-state index < -0.39 is 24.3 Å². The first kappa shape index (κ1) is 16.4. The number of nitrogens with one attached hydrogen (secondary N) is 1. The van der Waals surface area contributed by atoms with Crippen LogP contribution in [0.3, 0.4) is 0 Å². The van der Waals surface area contributed by atoms with E-state index >= 15 is 0 Å². The van der Waals surface area contributed by atoms with Crippen LogP contribution in [0.5, 0.6) is 0 Å². The van der Waals surface area contributed by atoms with Crippen molar-refractivity contribution < 1.29 is 23.9 Å². The van der Waals surface area contributed by atoms with E-state index in [1.807, 2.05) is 6.92 Å². The molecule has 0 heterocycles. The van der Waals surface area contributed by atoms with Crippen LogP contribution >= 0.6 is 22.6 Å². The first-order valence-electron chi connectivity index (χ1n) is 5.64. The lowest BCUT2D eigenvalue weighted by atomic mass is 10.1. The van der Waals surface area contributed by atoms with Gasteiger partial charge in [0.05, 0.1) is 25.5 Å². The Morgan fingerprint density at radius 2 is 1.85 bits per heavy atom. The van der Waals surface area contributed by atoms with Gasteiger partial charge < -0.3 is 14.8 Å². The first-order chi connectivity index (χ1) is 9.38. The highest BCUT2D eigenvalue weighted by atomic mass is 127. The van der Waals surface area contributed by atoms with Gasteiger partial charge >= 0.3 is 11.9 Å². The zero-order valence-electron chi connectivity index (χ0n) is 11.3. The Bertz CT molecular complexity index is 556. The number of carbonyl (C=O) groups excluding carboxylic acids is 3. The van der Waals surface area contributed by atoms with Crippen molar-refractivity contribution in [2.45, 2.75) is 13.3 Å². The topological polar surface area (TPSA) is 81.7 Å². The second-order valence-corrected chi connectivity index (χ2v) is 5.10. The van der Waals surface area contributed by atoms with Crippen LogP contribution in [0.1, 0.15) is 22.3 Å². The zero-order valence-corrected chi connectivity index (χ0v) is 13.4. The van der Waals surface area contributed by atoms with E-state index in [0.717, 1.165) is 9.13 Å². The molecule has 1 rings (SSSR count). The van der Waals surface area contributed by atoms with E-state index in [4.69, 9.17) is 0 Å². The molecule has 6 nitrogen and oxygen atoms in total. The average molecular weight is 391 g/mol. The van der Waals surface area contributed by atoms with Gasteiger partial charge in [0.25, 0.3) is 0 Å². The molecule has 0 unspecified atom stereocenters. The molecule has 0 aliphatic carbocycles. The number of esters is 2. The molecule has 20 heavy (non-hydrogen) atoms. The first-order valence-corrected chi connectivity index (χ1v) is 6.72. The standard InChI is InChI=1S/C13H14INO5/c1-7-4-10(15-11(16)6-12(17)19-2)8(5-9(7)14)13(18)20-3/h4-5H,6H2,1-3H3,(H,15,16). The number of halogens is 1. The largest absolute Gasteiger partial charge is 0.469 e. The Kier molecular flexibility index (Phi) is 5.93. The second-order valence-electron chi connectivity index (χ2n) is 3.94. The molecule has 1 N–H and O–H groups in total. The van der Waals surface area contributed by atoms with Gasteiger partial charge in [-0.25, -0.2) is 4.79 Å². The molecular formula is C13H14INO5. The summed E-state index contributed by atoms with van der Waals surface area (Å²) in [6.45, 7) is 1.85.